The first-order valence-corrected chi connectivity index (χ1v) is 10.0. The van der Waals surface area contributed by atoms with Crippen molar-refractivity contribution in [1.29, 1.82) is 0 Å². The minimum Gasteiger partial charge on any atom is -0.507 e. The largest absolute Gasteiger partial charge is 0.507 e. The van der Waals surface area contributed by atoms with Crippen LogP contribution in [0.25, 0.3) is 5.76 Å². The Morgan fingerprint density at radius 2 is 1.52 bits per heavy atom. The molecular formula is C23H15BrClNO3. The molecule has 0 aliphatic carbocycles. The Hall–Kier alpha value is -2.89. The predicted molar refractivity (Wildman–Crippen MR) is 117 cm³/mol. The van der Waals surface area contributed by atoms with Gasteiger partial charge in [-0.25, -0.2) is 0 Å². The molecule has 3 aromatic rings. The van der Waals surface area contributed by atoms with Gasteiger partial charge in [-0.05, 0) is 54.1 Å². The van der Waals surface area contributed by atoms with Crippen LogP contribution >= 0.6 is 27.5 Å². The average Bonchev–Trinajstić information content (AvgIpc) is 3.00. The van der Waals surface area contributed by atoms with Gasteiger partial charge in [-0.15, -0.1) is 0 Å². The Kier molecular flexibility index (Phi) is 5.26. The van der Waals surface area contributed by atoms with Crippen molar-refractivity contribution in [2.24, 2.45) is 0 Å². The zero-order valence-corrected chi connectivity index (χ0v) is 17.4. The highest BCUT2D eigenvalue weighted by Gasteiger charge is 2.46. The number of halogens is 2. The Bertz CT molecular complexity index is 1110. The molecule has 1 saturated heterocycles. The summed E-state index contributed by atoms with van der Waals surface area (Å²) in [6.07, 6.45) is 0. The van der Waals surface area contributed by atoms with E-state index in [1.807, 2.05) is 30.3 Å². The maximum Gasteiger partial charge on any atom is 0.300 e. The number of carbonyl (C=O) groups is 2. The zero-order chi connectivity index (χ0) is 20.5. The van der Waals surface area contributed by atoms with E-state index in [0.717, 1.165) is 4.47 Å². The quantitative estimate of drug-likeness (QED) is 0.303. The van der Waals surface area contributed by atoms with E-state index in [-0.39, 0.29) is 11.3 Å². The lowest BCUT2D eigenvalue weighted by Crippen LogP contribution is -2.29. The molecule has 4 nitrogen and oxygen atoms in total. The lowest BCUT2D eigenvalue weighted by atomic mass is 9.95. The molecule has 0 saturated carbocycles. The van der Waals surface area contributed by atoms with Gasteiger partial charge in [0.25, 0.3) is 11.7 Å². The molecule has 6 heteroatoms. The normalized spacial score (nSPS) is 18.3. The molecule has 0 aromatic heterocycles. The van der Waals surface area contributed by atoms with Crippen LogP contribution in [0.4, 0.5) is 5.69 Å². The number of ketones is 1. The van der Waals surface area contributed by atoms with Crippen LogP contribution in [0.15, 0.2) is 88.9 Å². The molecule has 1 aliphatic heterocycles. The molecule has 1 unspecified atom stereocenters. The number of aliphatic hydroxyl groups is 1. The summed E-state index contributed by atoms with van der Waals surface area (Å²) < 4.78 is 0.871. The molecule has 29 heavy (non-hydrogen) atoms. The lowest BCUT2D eigenvalue weighted by molar-refractivity contribution is -0.132. The fourth-order valence-corrected chi connectivity index (χ4v) is 3.80. The topological polar surface area (TPSA) is 57.6 Å². The van der Waals surface area contributed by atoms with Gasteiger partial charge in [0.15, 0.2) is 0 Å². The highest BCUT2D eigenvalue weighted by atomic mass is 79.9. The number of rotatable bonds is 3. The van der Waals surface area contributed by atoms with Gasteiger partial charge in [-0.3, -0.25) is 14.5 Å². The minimum atomic E-state index is -0.749. The maximum absolute atomic E-state index is 13.0. The van der Waals surface area contributed by atoms with Gasteiger partial charge < -0.3 is 5.11 Å². The first kappa shape index (κ1) is 19.4. The third kappa shape index (κ3) is 3.59. The van der Waals surface area contributed by atoms with E-state index in [0.29, 0.717) is 21.8 Å². The van der Waals surface area contributed by atoms with E-state index in [4.69, 9.17) is 11.6 Å². The molecule has 0 spiro atoms. The third-order valence-corrected chi connectivity index (χ3v) is 5.56. The van der Waals surface area contributed by atoms with E-state index in [2.05, 4.69) is 15.9 Å². The molecule has 0 bridgehead atoms. The number of nitrogens with zero attached hydrogens (tertiary/aromatic N) is 1. The van der Waals surface area contributed by atoms with E-state index in [9.17, 15) is 14.7 Å². The summed E-state index contributed by atoms with van der Waals surface area (Å²) in [7, 11) is 0. The molecular weight excluding hydrogens is 454 g/mol. The molecule has 1 atom stereocenters. The Labute approximate surface area is 181 Å². The number of benzene rings is 3. The van der Waals surface area contributed by atoms with E-state index < -0.39 is 17.7 Å². The molecule has 4 rings (SSSR count). The first-order valence-electron chi connectivity index (χ1n) is 8.85. The van der Waals surface area contributed by atoms with E-state index in [1.165, 1.54) is 4.90 Å². The van der Waals surface area contributed by atoms with Crippen molar-refractivity contribution in [2.45, 2.75) is 6.04 Å². The summed E-state index contributed by atoms with van der Waals surface area (Å²) in [5.74, 6) is -1.64. The first-order chi connectivity index (χ1) is 14.0. The number of amides is 1. The van der Waals surface area contributed by atoms with Crippen LogP contribution in [0.3, 0.4) is 0 Å². The van der Waals surface area contributed by atoms with Gasteiger partial charge in [0, 0.05) is 20.7 Å². The summed E-state index contributed by atoms with van der Waals surface area (Å²) >= 11 is 9.34. The summed E-state index contributed by atoms with van der Waals surface area (Å²) in [4.78, 5) is 27.4. The number of anilines is 1. The van der Waals surface area contributed by atoms with Crippen molar-refractivity contribution in [1.82, 2.24) is 0 Å². The van der Waals surface area contributed by atoms with E-state index in [1.54, 1.807) is 48.5 Å². The number of carbonyl (C=O) groups excluding carboxylic acids is 2. The molecule has 1 heterocycles. The standard InChI is InChI=1S/C23H15BrClNO3/c24-16-10-6-14(7-11-16)20-19(21(27)15-8-12-17(25)13-9-15)22(28)23(29)26(20)18-4-2-1-3-5-18/h1-13,20,27H/b21-19+. The summed E-state index contributed by atoms with van der Waals surface area (Å²) in [5, 5.41) is 11.5. The highest BCUT2D eigenvalue weighted by molar-refractivity contribution is 9.10. The summed E-state index contributed by atoms with van der Waals surface area (Å²) in [5.41, 5.74) is 1.76. The van der Waals surface area contributed by atoms with Gasteiger partial charge >= 0.3 is 0 Å². The fraction of sp³-hybridized carbons (Fsp3) is 0.0435. The second-order valence-corrected chi connectivity index (χ2v) is 7.92. The van der Waals surface area contributed by atoms with Gasteiger partial charge in [0.1, 0.15) is 5.76 Å². The molecule has 3 aromatic carbocycles. The Balaban J connectivity index is 1.94. The smallest absolute Gasteiger partial charge is 0.300 e. The van der Waals surface area contributed by atoms with Crippen LogP contribution in [-0.4, -0.2) is 16.8 Å². The number of para-hydroxylation sites is 1. The minimum absolute atomic E-state index is 0.0449. The fourth-order valence-electron chi connectivity index (χ4n) is 3.41. The van der Waals surface area contributed by atoms with Gasteiger partial charge in [0.05, 0.1) is 11.6 Å². The molecule has 0 radical (unpaired) electrons. The SMILES string of the molecule is O=C1C(=O)N(c2ccccc2)C(c2ccc(Br)cc2)/C1=C(\O)c1ccc(Cl)cc1. The van der Waals surface area contributed by atoms with Crippen molar-refractivity contribution in [3.63, 3.8) is 0 Å². The number of hydrogen-bond acceptors (Lipinski definition) is 3. The summed E-state index contributed by atoms with van der Waals surface area (Å²) in [6.45, 7) is 0. The molecule has 1 fully saturated rings. The van der Waals surface area contributed by atoms with Crippen molar-refractivity contribution >= 4 is 50.7 Å². The van der Waals surface area contributed by atoms with Crippen LogP contribution in [0, 0.1) is 0 Å². The van der Waals surface area contributed by atoms with Gasteiger partial charge in [0.2, 0.25) is 0 Å². The zero-order valence-electron chi connectivity index (χ0n) is 15.0. The lowest BCUT2D eigenvalue weighted by Gasteiger charge is -2.25. The monoisotopic (exact) mass is 467 g/mol. The Morgan fingerprint density at radius 1 is 0.897 bits per heavy atom. The highest BCUT2D eigenvalue weighted by Crippen LogP contribution is 2.42. The predicted octanol–water partition coefficient (Wildman–Crippen LogP) is 5.73. The van der Waals surface area contributed by atoms with Gasteiger partial charge in [-0.2, -0.15) is 0 Å². The maximum atomic E-state index is 13.0. The van der Waals surface area contributed by atoms with Crippen LogP contribution in [-0.2, 0) is 9.59 Å². The van der Waals surface area contributed by atoms with Crippen LogP contribution < -0.4 is 4.90 Å². The number of Topliss-reactive ketones (excluding diaryl/α,β-unsaturated/α-hetero) is 1. The van der Waals surface area contributed by atoms with E-state index >= 15 is 0 Å². The molecule has 144 valence electrons. The number of aliphatic hydroxyl groups excluding tert-OH is 1. The molecule has 1 amide bonds. The van der Waals surface area contributed by atoms with Gasteiger partial charge in [-0.1, -0.05) is 57.9 Å². The van der Waals surface area contributed by atoms with Crippen molar-refractivity contribution in [3.05, 3.63) is 105 Å². The molecule has 1 aliphatic rings. The van der Waals surface area contributed by atoms with Crippen LogP contribution in [0.5, 0.6) is 0 Å². The van der Waals surface area contributed by atoms with Crippen LogP contribution in [0.1, 0.15) is 17.2 Å². The number of hydrogen-bond donors (Lipinski definition) is 1. The third-order valence-electron chi connectivity index (χ3n) is 4.78. The van der Waals surface area contributed by atoms with Crippen molar-refractivity contribution in [2.75, 3.05) is 4.90 Å². The second kappa shape index (κ2) is 7.85. The van der Waals surface area contributed by atoms with Crippen molar-refractivity contribution < 1.29 is 14.7 Å². The van der Waals surface area contributed by atoms with Crippen LogP contribution in [0.2, 0.25) is 5.02 Å². The van der Waals surface area contributed by atoms with Crippen molar-refractivity contribution in [3.8, 4) is 0 Å². The second-order valence-electron chi connectivity index (χ2n) is 6.56. The summed E-state index contributed by atoms with van der Waals surface area (Å²) in [6, 6.07) is 22.0. The molecule has 1 N–H and O–H groups in total. The Morgan fingerprint density at radius 3 is 2.14 bits per heavy atom. The average molecular weight is 469 g/mol.